The standard InChI is InChI=1S/C12H24N2O2/c1-4-8-14(2)10-6-5-7-12(13,9-10)11(15)16-3/h10H,4-9,13H2,1-3H3. The zero-order valence-corrected chi connectivity index (χ0v) is 10.7. The first-order valence-electron chi connectivity index (χ1n) is 6.11. The fourth-order valence-electron chi connectivity index (χ4n) is 2.58. The van der Waals surface area contributed by atoms with Crippen molar-refractivity contribution >= 4 is 5.97 Å². The highest BCUT2D eigenvalue weighted by Gasteiger charge is 2.41. The minimum absolute atomic E-state index is 0.262. The molecular weight excluding hydrogens is 204 g/mol. The third kappa shape index (κ3) is 2.95. The Kier molecular flexibility index (Phi) is 4.74. The average molecular weight is 228 g/mol. The van der Waals surface area contributed by atoms with Crippen LogP contribution in [0.4, 0.5) is 0 Å². The molecule has 0 radical (unpaired) electrons. The van der Waals surface area contributed by atoms with E-state index in [1.165, 1.54) is 7.11 Å². The van der Waals surface area contributed by atoms with Gasteiger partial charge in [-0.2, -0.15) is 0 Å². The first-order valence-corrected chi connectivity index (χ1v) is 6.11. The quantitative estimate of drug-likeness (QED) is 0.733. The molecule has 0 aromatic rings. The van der Waals surface area contributed by atoms with E-state index in [1.807, 2.05) is 0 Å². The second-order valence-electron chi connectivity index (χ2n) is 4.88. The topological polar surface area (TPSA) is 55.6 Å². The van der Waals surface area contributed by atoms with Crippen LogP contribution in [0.5, 0.6) is 0 Å². The molecule has 2 unspecified atom stereocenters. The lowest BCUT2D eigenvalue weighted by atomic mass is 9.79. The molecule has 16 heavy (non-hydrogen) atoms. The van der Waals surface area contributed by atoms with Gasteiger partial charge in [-0.25, -0.2) is 0 Å². The SMILES string of the molecule is CCCN(C)C1CCCC(N)(C(=O)OC)C1. The summed E-state index contributed by atoms with van der Waals surface area (Å²) in [5.74, 6) is -0.262. The first kappa shape index (κ1) is 13.5. The summed E-state index contributed by atoms with van der Waals surface area (Å²) in [4.78, 5) is 14.0. The van der Waals surface area contributed by atoms with Crippen molar-refractivity contribution in [3.8, 4) is 0 Å². The van der Waals surface area contributed by atoms with Crippen LogP contribution in [0.15, 0.2) is 0 Å². The largest absolute Gasteiger partial charge is 0.468 e. The van der Waals surface area contributed by atoms with Gasteiger partial charge < -0.3 is 15.4 Å². The molecule has 0 bridgehead atoms. The zero-order chi connectivity index (χ0) is 12.2. The summed E-state index contributed by atoms with van der Waals surface area (Å²) in [6, 6.07) is 0.415. The second-order valence-corrected chi connectivity index (χ2v) is 4.88. The molecule has 4 heteroatoms. The molecule has 1 rings (SSSR count). The van der Waals surface area contributed by atoms with Crippen LogP contribution < -0.4 is 5.73 Å². The van der Waals surface area contributed by atoms with Crippen LogP contribution in [0.25, 0.3) is 0 Å². The molecule has 1 saturated carbocycles. The van der Waals surface area contributed by atoms with E-state index in [-0.39, 0.29) is 5.97 Å². The molecule has 2 N–H and O–H groups in total. The van der Waals surface area contributed by atoms with Crippen molar-refractivity contribution in [1.29, 1.82) is 0 Å². The summed E-state index contributed by atoms with van der Waals surface area (Å²) < 4.78 is 4.80. The molecule has 1 aliphatic carbocycles. The molecule has 1 aliphatic rings. The van der Waals surface area contributed by atoms with E-state index in [2.05, 4.69) is 18.9 Å². The van der Waals surface area contributed by atoms with Crippen LogP contribution in [0.1, 0.15) is 39.0 Å². The molecule has 0 amide bonds. The van der Waals surface area contributed by atoms with Gasteiger partial charge in [-0.15, -0.1) is 0 Å². The molecule has 2 atom stereocenters. The molecule has 0 heterocycles. The van der Waals surface area contributed by atoms with Crippen LogP contribution in [0.2, 0.25) is 0 Å². The van der Waals surface area contributed by atoms with Crippen LogP contribution >= 0.6 is 0 Å². The Morgan fingerprint density at radius 1 is 1.62 bits per heavy atom. The van der Waals surface area contributed by atoms with Crippen molar-refractivity contribution < 1.29 is 9.53 Å². The van der Waals surface area contributed by atoms with Gasteiger partial charge in [0.25, 0.3) is 0 Å². The maximum absolute atomic E-state index is 11.6. The Labute approximate surface area is 98.1 Å². The highest BCUT2D eigenvalue weighted by atomic mass is 16.5. The van der Waals surface area contributed by atoms with Gasteiger partial charge in [0.2, 0.25) is 0 Å². The highest BCUT2D eigenvalue weighted by Crippen LogP contribution is 2.29. The minimum Gasteiger partial charge on any atom is -0.468 e. The predicted octanol–water partition coefficient (Wildman–Crippen LogP) is 1.14. The molecule has 0 aromatic heterocycles. The van der Waals surface area contributed by atoms with Crippen LogP contribution in [-0.2, 0) is 9.53 Å². The number of carbonyl (C=O) groups excluding carboxylic acids is 1. The highest BCUT2D eigenvalue weighted by molar-refractivity contribution is 5.80. The number of esters is 1. The Morgan fingerprint density at radius 2 is 2.31 bits per heavy atom. The molecule has 0 saturated heterocycles. The number of rotatable bonds is 4. The number of hydrogen-bond donors (Lipinski definition) is 1. The van der Waals surface area contributed by atoms with Gasteiger partial charge in [0.05, 0.1) is 7.11 Å². The Hall–Kier alpha value is -0.610. The summed E-state index contributed by atoms with van der Waals surface area (Å²) in [7, 11) is 3.52. The van der Waals surface area contributed by atoms with Crippen LogP contribution in [0, 0.1) is 0 Å². The summed E-state index contributed by atoms with van der Waals surface area (Å²) in [6.07, 6.45) is 4.73. The van der Waals surface area contributed by atoms with E-state index < -0.39 is 5.54 Å². The smallest absolute Gasteiger partial charge is 0.325 e. The van der Waals surface area contributed by atoms with Gasteiger partial charge in [0, 0.05) is 6.04 Å². The number of methoxy groups -OCH3 is 1. The molecule has 4 nitrogen and oxygen atoms in total. The molecule has 0 spiro atoms. The summed E-state index contributed by atoms with van der Waals surface area (Å²) in [5.41, 5.74) is 5.37. The molecule has 1 fully saturated rings. The van der Waals surface area contributed by atoms with Gasteiger partial charge in [0.1, 0.15) is 5.54 Å². The average Bonchev–Trinajstić information content (AvgIpc) is 2.28. The molecule has 0 aliphatic heterocycles. The van der Waals surface area contributed by atoms with E-state index in [9.17, 15) is 4.79 Å². The second kappa shape index (κ2) is 5.64. The van der Waals surface area contributed by atoms with Crippen molar-refractivity contribution in [2.75, 3.05) is 20.7 Å². The predicted molar refractivity (Wildman–Crippen MR) is 64.1 cm³/mol. The van der Waals surface area contributed by atoms with E-state index in [0.29, 0.717) is 6.04 Å². The van der Waals surface area contributed by atoms with Gasteiger partial charge in [-0.05, 0) is 45.7 Å². The number of nitrogens with zero attached hydrogens (tertiary/aromatic N) is 1. The monoisotopic (exact) mass is 228 g/mol. The van der Waals surface area contributed by atoms with E-state index >= 15 is 0 Å². The maximum Gasteiger partial charge on any atom is 0.325 e. The first-order chi connectivity index (χ1) is 7.53. The van der Waals surface area contributed by atoms with E-state index in [0.717, 1.165) is 38.6 Å². The van der Waals surface area contributed by atoms with Gasteiger partial charge >= 0.3 is 5.97 Å². The third-order valence-corrected chi connectivity index (χ3v) is 3.55. The lowest BCUT2D eigenvalue weighted by Gasteiger charge is -2.39. The normalized spacial score (nSPS) is 30.4. The molecule has 0 aromatic carbocycles. The van der Waals surface area contributed by atoms with E-state index in [4.69, 9.17) is 10.5 Å². The van der Waals surface area contributed by atoms with Crippen molar-refractivity contribution in [2.24, 2.45) is 5.73 Å². The van der Waals surface area contributed by atoms with E-state index in [1.54, 1.807) is 0 Å². The fourth-order valence-corrected chi connectivity index (χ4v) is 2.58. The Bertz CT molecular complexity index is 245. The van der Waals surface area contributed by atoms with Crippen LogP contribution in [-0.4, -0.2) is 43.2 Å². The molecular formula is C12H24N2O2. The van der Waals surface area contributed by atoms with Crippen molar-refractivity contribution in [3.05, 3.63) is 0 Å². The Balaban J connectivity index is 2.62. The van der Waals surface area contributed by atoms with Gasteiger partial charge in [0.15, 0.2) is 0 Å². The number of hydrogen-bond acceptors (Lipinski definition) is 4. The van der Waals surface area contributed by atoms with Crippen molar-refractivity contribution in [3.63, 3.8) is 0 Å². The Morgan fingerprint density at radius 3 is 2.88 bits per heavy atom. The fraction of sp³-hybridized carbons (Fsp3) is 0.917. The lowest BCUT2D eigenvalue weighted by Crippen LogP contribution is -2.55. The number of nitrogens with two attached hydrogens (primary N) is 1. The number of ether oxygens (including phenoxy) is 1. The van der Waals surface area contributed by atoms with Crippen LogP contribution in [0.3, 0.4) is 0 Å². The van der Waals surface area contributed by atoms with Crippen molar-refractivity contribution in [1.82, 2.24) is 4.90 Å². The lowest BCUT2D eigenvalue weighted by molar-refractivity contribution is -0.149. The van der Waals surface area contributed by atoms with Gasteiger partial charge in [-0.1, -0.05) is 6.92 Å². The summed E-state index contributed by atoms with van der Waals surface area (Å²) in [6.45, 7) is 3.22. The van der Waals surface area contributed by atoms with Gasteiger partial charge in [-0.3, -0.25) is 4.79 Å². The summed E-state index contributed by atoms with van der Waals surface area (Å²) >= 11 is 0. The molecule has 94 valence electrons. The van der Waals surface area contributed by atoms with Crippen molar-refractivity contribution in [2.45, 2.75) is 50.6 Å². The summed E-state index contributed by atoms with van der Waals surface area (Å²) in [5, 5.41) is 0. The third-order valence-electron chi connectivity index (χ3n) is 3.55. The maximum atomic E-state index is 11.6. The zero-order valence-electron chi connectivity index (χ0n) is 10.7. The minimum atomic E-state index is -0.764. The number of carbonyl (C=O) groups is 1.